The van der Waals surface area contributed by atoms with Crippen LogP contribution in [0, 0.1) is 5.41 Å². The van der Waals surface area contributed by atoms with E-state index in [0.29, 0.717) is 28.0 Å². The van der Waals surface area contributed by atoms with Crippen molar-refractivity contribution in [1.82, 2.24) is 15.8 Å². The van der Waals surface area contributed by atoms with Crippen LogP contribution in [0.2, 0.25) is 10.2 Å². The third-order valence-corrected chi connectivity index (χ3v) is 4.29. The van der Waals surface area contributed by atoms with Crippen LogP contribution in [0.15, 0.2) is 30.5 Å². The fraction of sp³-hybridized carbons (Fsp3) is 0.316. The van der Waals surface area contributed by atoms with Gasteiger partial charge in [-0.1, -0.05) is 50.0 Å². The van der Waals surface area contributed by atoms with Gasteiger partial charge in [0.25, 0.3) is 5.91 Å². The van der Waals surface area contributed by atoms with Crippen LogP contribution >= 0.6 is 23.2 Å². The highest BCUT2D eigenvalue weighted by Crippen LogP contribution is 2.28. The molecular weight excluding hydrogens is 401 g/mol. The molecule has 7 nitrogen and oxygen atoms in total. The number of amides is 2. The van der Waals surface area contributed by atoms with Crippen LogP contribution in [0.4, 0.5) is 5.69 Å². The molecule has 5 N–H and O–H groups in total. The van der Waals surface area contributed by atoms with Gasteiger partial charge in [0.2, 0.25) is 5.91 Å². The van der Waals surface area contributed by atoms with E-state index >= 15 is 0 Å². The van der Waals surface area contributed by atoms with Crippen molar-refractivity contribution in [3.8, 4) is 0 Å². The third-order valence-electron chi connectivity index (χ3n) is 3.85. The molecule has 0 radical (unpaired) electrons. The van der Waals surface area contributed by atoms with E-state index in [1.165, 1.54) is 6.07 Å². The molecule has 28 heavy (non-hydrogen) atoms. The minimum atomic E-state index is -0.640. The Morgan fingerprint density at radius 3 is 2.46 bits per heavy atom. The predicted molar refractivity (Wildman–Crippen MR) is 111 cm³/mol. The second-order valence-corrected chi connectivity index (χ2v) is 8.02. The summed E-state index contributed by atoms with van der Waals surface area (Å²) in [6.07, 6.45) is 1.60. The Balaban J connectivity index is 2.19. The zero-order valence-corrected chi connectivity index (χ0v) is 17.4. The summed E-state index contributed by atoms with van der Waals surface area (Å²) in [7, 11) is 0. The van der Waals surface area contributed by atoms with E-state index in [4.69, 9.17) is 28.9 Å². The molecule has 1 aromatic carbocycles. The minimum absolute atomic E-state index is 0.116. The van der Waals surface area contributed by atoms with E-state index in [1.807, 2.05) is 0 Å². The number of benzene rings is 1. The number of anilines is 1. The molecule has 2 amide bonds. The molecule has 2 rings (SSSR count). The smallest absolute Gasteiger partial charge is 0.267 e. The number of rotatable bonds is 6. The van der Waals surface area contributed by atoms with Crippen molar-refractivity contribution in [3.05, 3.63) is 57.3 Å². The first-order chi connectivity index (χ1) is 13.1. The lowest BCUT2D eigenvalue weighted by Crippen LogP contribution is -2.38. The Morgan fingerprint density at radius 1 is 1.18 bits per heavy atom. The molecule has 0 bridgehead atoms. The summed E-state index contributed by atoms with van der Waals surface area (Å²) in [5, 5.41) is 3.54. The van der Waals surface area contributed by atoms with E-state index in [1.54, 1.807) is 45.2 Å². The second kappa shape index (κ2) is 9.34. The molecule has 0 aliphatic rings. The van der Waals surface area contributed by atoms with Gasteiger partial charge in [-0.3, -0.25) is 15.0 Å². The van der Waals surface area contributed by atoms with Gasteiger partial charge in [-0.25, -0.2) is 10.4 Å². The highest BCUT2D eigenvalue weighted by atomic mass is 35.5. The summed E-state index contributed by atoms with van der Waals surface area (Å²) in [6.45, 7) is 5.79. The van der Waals surface area contributed by atoms with E-state index in [9.17, 15) is 9.59 Å². The highest BCUT2D eigenvalue weighted by molar-refractivity contribution is 6.31. The number of hydrogen-bond donors (Lipinski definition) is 4. The second-order valence-electron chi connectivity index (χ2n) is 7.19. The van der Waals surface area contributed by atoms with Crippen LogP contribution in [0.1, 0.15) is 42.3 Å². The molecule has 0 fully saturated rings. The quantitative estimate of drug-likeness (QED) is 0.421. The molecule has 0 spiro atoms. The number of nitrogens with zero attached hydrogens (tertiary/aromatic N) is 1. The molecule has 0 aliphatic carbocycles. The fourth-order valence-electron chi connectivity index (χ4n) is 2.26. The predicted octanol–water partition coefficient (Wildman–Crippen LogP) is 3.27. The molecule has 1 heterocycles. The monoisotopic (exact) mass is 423 g/mol. The summed E-state index contributed by atoms with van der Waals surface area (Å²) in [5.41, 5.74) is 12.5. The number of nitrogens with two attached hydrogens (primary N) is 1. The van der Waals surface area contributed by atoms with Crippen molar-refractivity contribution in [2.45, 2.75) is 33.9 Å². The average molecular weight is 424 g/mol. The Kier molecular flexibility index (Phi) is 7.37. The maximum absolute atomic E-state index is 12.7. The maximum Gasteiger partial charge on any atom is 0.267 e. The topological polar surface area (TPSA) is 109 Å². The zero-order chi connectivity index (χ0) is 20.9. The third kappa shape index (κ3) is 5.90. The van der Waals surface area contributed by atoms with Gasteiger partial charge >= 0.3 is 0 Å². The standard InChI is InChI=1S/C19H23Cl2N5O2/c1-19(2,3)18(28)25-16-12(8-22)6-13(20)7-14(16)17(27)26-24-10-11-4-5-15(21)23-9-11/h4-7,9,24H,8,10,22H2,1-3H3,(H,25,28)(H,26,27). The van der Waals surface area contributed by atoms with Gasteiger partial charge in [-0.15, -0.1) is 0 Å². The van der Waals surface area contributed by atoms with Crippen LogP contribution in [-0.4, -0.2) is 16.8 Å². The number of carbonyl (C=O) groups excluding carboxylic acids is 2. The number of aromatic nitrogens is 1. The van der Waals surface area contributed by atoms with E-state index < -0.39 is 11.3 Å². The first kappa shape index (κ1) is 22.1. The largest absolute Gasteiger partial charge is 0.326 e. The van der Waals surface area contributed by atoms with Gasteiger partial charge < -0.3 is 11.1 Å². The first-order valence-corrected chi connectivity index (χ1v) is 9.35. The van der Waals surface area contributed by atoms with Gasteiger partial charge in [0.1, 0.15) is 5.15 Å². The maximum atomic E-state index is 12.7. The molecule has 9 heteroatoms. The minimum Gasteiger partial charge on any atom is -0.326 e. The van der Waals surface area contributed by atoms with Crippen molar-refractivity contribution in [2.24, 2.45) is 11.1 Å². The molecule has 0 saturated heterocycles. The lowest BCUT2D eigenvalue weighted by molar-refractivity contribution is -0.123. The van der Waals surface area contributed by atoms with Crippen molar-refractivity contribution in [2.75, 3.05) is 5.32 Å². The molecule has 150 valence electrons. The molecule has 0 atom stereocenters. The van der Waals surface area contributed by atoms with Gasteiger partial charge in [-0.2, -0.15) is 0 Å². The number of nitrogens with one attached hydrogen (secondary N) is 3. The lowest BCUT2D eigenvalue weighted by Gasteiger charge is -2.21. The van der Waals surface area contributed by atoms with E-state index in [-0.39, 0.29) is 18.0 Å². The fourth-order valence-corrected chi connectivity index (χ4v) is 2.61. The Morgan fingerprint density at radius 2 is 1.89 bits per heavy atom. The molecular formula is C19H23Cl2N5O2. The molecule has 0 aliphatic heterocycles. The van der Waals surface area contributed by atoms with Gasteiger partial charge in [0.05, 0.1) is 11.3 Å². The van der Waals surface area contributed by atoms with Crippen LogP contribution in [0.5, 0.6) is 0 Å². The van der Waals surface area contributed by atoms with Crippen LogP contribution in [0.25, 0.3) is 0 Å². The Hall–Kier alpha value is -2.19. The molecule has 0 unspecified atom stereocenters. The Bertz CT molecular complexity index is 864. The van der Waals surface area contributed by atoms with Crippen molar-refractivity contribution in [3.63, 3.8) is 0 Å². The van der Waals surface area contributed by atoms with E-state index in [0.717, 1.165) is 5.56 Å². The number of pyridine rings is 1. The lowest BCUT2D eigenvalue weighted by atomic mass is 9.95. The zero-order valence-electron chi connectivity index (χ0n) is 15.9. The number of hydrogen-bond acceptors (Lipinski definition) is 5. The van der Waals surface area contributed by atoms with Gasteiger partial charge in [0.15, 0.2) is 0 Å². The molecule has 1 aromatic heterocycles. The van der Waals surface area contributed by atoms with Gasteiger partial charge in [0, 0.05) is 29.7 Å². The van der Waals surface area contributed by atoms with Gasteiger partial charge in [-0.05, 0) is 29.3 Å². The van der Waals surface area contributed by atoms with Crippen molar-refractivity contribution >= 4 is 40.7 Å². The normalized spacial score (nSPS) is 11.2. The van der Waals surface area contributed by atoms with Crippen LogP contribution in [-0.2, 0) is 17.9 Å². The Labute approximate surface area is 174 Å². The number of carbonyl (C=O) groups is 2. The summed E-state index contributed by atoms with van der Waals surface area (Å²) in [4.78, 5) is 29.1. The number of hydrazine groups is 1. The van der Waals surface area contributed by atoms with Crippen LogP contribution < -0.4 is 21.9 Å². The average Bonchev–Trinajstić information content (AvgIpc) is 2.63. The first-order valence-electron chi connectivity index (χ1n) is 8.59. The molecule has 0 saturated carbocycles. The summed E-state index contributed by atoms with van der Waals surface area (Å²) < 4.78 is 0. The van der Waals surface area contributed by atoms with Crippen molar-refractivity contribution in [1.29, 1.82) is 0 Å². The SMILES string of the molecule is CC(C)(C)C(=O)Nc1c(CN)cc(Cl)cc1C(=O)NNCc1ccc(Cl)nc1. The van der Waals surface area contributed by atoms with E-state index in [2.05, 4.69) is 21.2 Å². The van der Waals surface area contributed by atoms with Crippen molar-refractivity contribution < 1.29 is 9.59 Å². The molecule has 2 aromatic rings. The number of halogens is 2. The summed E-state index contributed by atoms with van der Waals surface area (Å²) in [5.74, 6) is -0.692. The highest BCUT2D eigenvalue weighted by Gasteiger charge is 2.25. The summed E-state index contributed by atoms with van der Waals surface area (Å²) >= 11 is 11.9. The van der Waals surface area contributed by atoms with Crippen LogP contribution in [0.3, 0.4) is 0 Å². The summed E-state index contributed by atoms with van der Waals surface area (Å²) in [6, 6.07) is 6.56.